The number of amides is 2. The first kappa shape index (κ1) is 22.2. The Morgan fingerprint density at radius 3 is 2.37 bits per heavy atom. The Labute approximate surface area is 202 Å². The lowest BCUT2D eigenvalue weighted by Gasteiger charge is -2.35. The second-order valence-electron chi connectivity index (χ2n) is 8.19. The SMILES string of the molecule is Cc1cccc(C(=O)N2CCN(c3nnnn3-c3ccccc3)CC2)c1NC(=O)c1ccncc1. The molecule has 35 heavy (non-hydrogen) atoms. The van der Waals surface area contributed by atoms with E-state index in [-0.39, 0.29) is 11.8 Å². The minimum Gasteiger partial charge on any atom is -0.336 e. The monoisotopic (exact) mass is 468 g/mol. The van der Waals surface area contributed by atoms with Crippen molar-refractivity contribution in [1.29, 1.82) is 0 Å². The highest BCUT2D eigenvalue weighted by Gasteiger charge is 2.27. The van der Waals surface area contributed by atoms with Crippen LogP contribution in [-0.2, 0) is 0 Å². The van der Waals surface area contributed by atoms with Gasteiger partial charge in [-0.2, -0.15) is 4.68 Å². The summed E-state index contributed by atoms with van der Waals surface area (Å²) >= 11 is 0. The summed E-state index contributed by atoms with van der Waals surface area (Å²) in [6.07, 6.45) is 3.12. The Kier molecular flexibility index (Phi) is 6.16. The first-order chi connectivity index (χ1) is 17.1. The summed E-state index contributed by atoms with van der Waals surface area (Å²) in [6.45, 7) is 4.06. The minimum absolute atomic E-state index is 0.124. The summed E-state index contributed by atoms with van der Waals surface area (Å²) < 4.78 is 1.70. The highest BCUT2D eigenvalue weighted by Crippen LogP contribution is 2.24. The number of carbonyl (C=O) groups excluding carboxylic acids is 2. The molecule has 0 spiro atoms. The molecular weight excluding hydrogens is 444 g/mol. The molecule has 10 heteroatoms. The van der Waals surface area contributed by atoms with Crippen molar-refractivity contribution < 1.29 is 9.59 Å². The van der Waals surface area contributed by atoms with Crippen molar-refractivity contribution in [1.82, 2.24) is 30.1 Å². The largest absolute Gasteiger partial charge is 0.336 e. The molecular formula is C25H24N8O2. The number of benzene rings is 2. The third kappa shape index (κ3) is 4.58. The molecule has 10 nitrogen and oxygen atoms in total. The number of hydrogen-bond acceptors (Lipinski definition) is 7. The van der Waals surface area contributed by atoms with E-state index in [4.69, 9.17) is 0 Å². The minimum atomic E-state index is -0.284. The topological polar surface area (TPSA) is 109 Å². The Hall–Kier alpha value is -4.60. The summed E-state index contributed by atoms with van der Waals surface area (Å²) in [7, 11) is 0. The number of aromatic nitrogens is 5. The fraction of sp³-hybridized carbons (Fsp3) is 0.200. The number of para-hydroxylation sites is 2. The van der Waals surface area contributed by atoms with Crippen LogP contribution in [0.1, 0.15) is 26.3 Å². The Balaban J connectivity index is 1.31. The van der Waals surface area contributed by atoms with Crippen LogP contribution in [0.4, 0.5) is 11.6 Å². The molecule has 1 N–H and O–H groups in total. The average molecular weight is 469 g/mol. The van der Waals surface area contributed by atoms with Gasteiger partial charge < -0.3 is 15.1 Å². The van der Waals surface area contributed by atoms with Gasteiger partial charge in [-0.05, 0) is 53.2 Å². The molecule has 0 bridgehead atoms. The van der Waals surface area contributed by atoms with E-state index >= 15 is 0 Å². The van der Waals surface area contributed by atoms with Crippen molar-refractivity contribution >= 4 is 23.5 Å². The van der Waals surface area contributed by atoms with Crippen LogP contribution < -0.4 is 10.2 Å². The van der Waals surface area contributed by atoms with Gasteiger partial charge in [0.1, 0.15) is 0 Å². The molecule has 2 amide bonds. The van der Waals surface area contributed by atoms with Crippen molar-refractivity contribution in [2.24, 2.45) is 0 Å². The highest BCUT2D eigenvalue weighted by atomic mass is 16.2. The van der Waals surface area contributed by atoms with Crippen molar-refractivity contribution in [2.45, 2.75) is 6.92 Å². The molecule has 2 aromatic heterocycles. The zero-order valence-corrected chi connectivity index (χ0v) is 19.2. The maximum absolute atomic E-state index is 13.5. The normalized spacial score (nSPS) is 13.5. The van der Waals surface area contributed by atoms with Gasteiger partial charge in [-0.15, -0.1) is 0 Å². The van der Waals surface area contributed by atoms with E-state index in [9.17, 15) is 9.59 Å². The molecule has 2 aromatic carbocycles. The van der Waals surface area contributed by atoms with Crippen LogP contribution in [0.3, 0.4) is 0 Å². The van der Waals surface area contributed by atoms with Crippen LogP contribution in [0, 0.1) is 6.92 Å². The number of piperazine rings is 1. The molecule has 0 radical (unpaired) electrons. The van der Waals surface area contributed by atoms with Crippen LogP contribution in [0.15, 0.2) is 73.1 Å². The fourth-order valence-electron chi connectivity index (χ4n) is 4.10. The highest BCUT2D eigenvalue weighted by molar-refractivity contribution is 6.09. The fourth-order valence-corrected chi connectivity index (χ4v) is 4.10. The Bertz CT molecular complexity index is 1330. The predicted molar refractivity (Wildman–Crippen MR) is 131 cm³/mol. The third-order valence-electron chi connectivity index (χ3n) is 5.99. The lowest BCUT2D eigenvalue weighted by atomic mass is 10.1. The molecule has 1 aliphatic heterocycles. The number of hydrogen-bond donors (Lipinski definition) is 1. The predicted octanol–water partition coefficient (Wildman–Crippen LogP) is 2.58. The van der Waals surface area contributed by atoms with E-state index in [1.54, 1.807) is 40.2 Å². The molecule has 176 valence electrons. The summed E-state index contributed by atoms with van der Waals surface area (Å²) in [5.74, 6) is 0.235. The van der Waals surface area contributed by atoms with Gasteiger partial charge in [0.05, 0.1) is 16.9 Å². The van der Waals surface area contributed by atoms with Gasteiger partial charge in [-0.3, -0.25) is 14.6 Å². The number of rotatable bonds is 5. The smallest absolute Gasteiger partial charge is 0.256 e. The number of carbonyl (C=O) groups is 2. The van der Waals surface area contributed by atoms with Crippen LogP contribution in [0.5, 0.6) is 0 Å². The molecule has 3 heterocycles. The van der Waals surface area contributed by atoms with Crippen molar-refractivity contribution in [2.75, 3.05) is 36.4 Å². The standard InChI is InChI=1S/C25H24N8O2/c1-18-6-5-9-21(22(18)27-23(34)19-10-12-26-13-11-19)24(35)31-14-16-32(17-15-31)25-28-29-30-33(25)20-7-3-2-4-8-20/h2-13H,14-17H2,1H3,(H,27,34). The van der Waals surface area contributed by atoms with Crippen LogP contribution in [0.25, 0.3) is 5.69 Å². The van der Waals surface area contributed by atoms with Crippen molar-refractivity contribution in [3.63, 3.8) is 0 Å². The zero-order chi connectivity index (χ0) is 24.2. The van der Waals surface area contributed by atoms with Gasteiger partial charge in [0.15, 0.2) is 0 Å². The molecule has 1 saturated heterocycles. The number of nitrogens with one attached hydrogen (secondary N) is 1. The van der Waals surface area contributed by atoms with Crippen molar-refractivity contribution in [3.8, 4) is 5.69 Å². The van der Waals surface area contributed by atoms with E-state index in [0.29, 0.717) is 48.9 Å². The number of pyridine rings is 1. The Morgan fingerprint density at radius 1 is 0.886 bits per heavy atom. The first-order valence-electron chi connectivity index (χ1n) is 11.3. The van der Waals surface area contributed by atoms with E-state index in [1.165, 1.54) is 0 Å². The van der Waals surface area contributed by atoms with Gasteiger partial charge in [0, 0.05) is 44.1 Å². The van der Waals surface area contributed by atoms with Gasteiger partial charge in [0.2, 0.25) is 5.95 Å². The summed E-state index contributed by atoms with van der Waals surface area (Å²) in [6, 6.07) is 18.4. The molecule has 0 unspecified atom stereocenters. The van der Waals surface area contributed by atoms with Crippen LogP contribution in [-0.4, -0.2) is 68.1 Å². The number of nitrogens with zero attached hydrogens (tertiary/aromatic N) is 7. The summed E-state index contributed by atoms with van der Waals surface area (Å²) in [5.41, 5.74) is 3.16. The van der Waals surface area contributed by atoms with E-state index in [0.717, 1.165) is 11.3 Å². The first-order valence-corrected chi connectivity index (χ1v) is 11.3. The molecule has 1 fully saturated rings. The maximum Gasteiger partial charge on any atom is 0.256 e. The van der Waals surface area contributed by atoms with Gasteiger partial charge >= 0.3 is 0 Å². The summed E-state index contributed by atoms with van der Waals surface area (Å²) in [4.78, 5) is 34.0. The van der Waals surface area contributed by atoms with Gasteiger partial charge in [-0.1, -0.05) is 35.4 Å². The second-order valence-corrected chi connectivity index (χ2v) is 8.19. The third-order valence-corrected chi connectivity index (χ3v) is 5.99. The lowest BCUT2D eigenvalue weighted by molar-refractivity contribution is 0.0747. The quantitative estimate of drug-likeness (QED) is 0.479. The molecule has 0 aliphatic carbocycles. The Morgan fingerprint density at radius 2 is 1.63 bits per heavy atom. The van der Waals surface area contributed by atoms with Crippen LogP contribution >= 0.6 is 0 Å². The lowest BCUT2D eigenvalue weighted by Crippen LogP contribution is -2.49. The molecule has 5 rings (SSSR count). The molecule has 4 aromatic rings. The summed E-state index contributed by atoms with van der Waals surface area (Å²) in [5, 5.41) is 15.1. The number of tetrazole rings is 1. The average Bonchev–Trinajstić information content (AvgIpc) is 3.41. The molecule has 0 atom stereocenters. The van der Waals surface area contributed by atoms with Crippen LogP contribution in [0.2, 0.25) is 0 Å². The van der Waals surface area contributed by atoms with Gasteiger partial charge in [0.25, 0.3) is 11.8 Å². The van der Waals surface area contributed by atoms with Crippen molar-refractivity contribution in [3.05, 3.63) is 89.7 Å². The van der Waals surface area contributed by atoms with Gasteiger partial charge in [-0.25, -0.2) is 0 Å². The zero-order valence-electron chi connectivity index (χ0n) is 19.2. The number of anilines is 2. The van der Waals surface area contributed by atoms with E-state index in [1.807, 2.05) is 49.4 Å². The maximum atomic E-state index is 13.5. The molecule has 0 saturated carbocycles. The number of aryl methyl sites for hydroxylation is 1. The molecule has 1 aliphatic rings. The van der Waals surface area contributed by atoms with E-state index in [2.05, 4.69) is 30.7 Å². The van der Waals surface area contributed by atoms with E-state index < -0.39 is 0 Å². The second kappa shape index (κ2) is 9.72.